The molecule has 0 saturated carbocycles. The van der Waals surface area contributed by atoms with E-state index in [4.69, 9.17) is 0 Å². The molecule has 2 atom stereocenters. The van der Waals surface area contributed by atoms with E-state index in [9.17, 15) is 19.8 Å². The van der Waals surface area contributed by atoms with Crippen molar-refractivity contribution < 1.29 is 25.5 Å². The second kappa shape index (κ2) is 7.92. The van der Waals surface area contributed by atoms with Crippen LogP contribution in [0.3, 0.4) is 0 Å². The zero-order chi connectivity index (χ0) is 19.4. The normalized spacial score (nSPS) is 13.2. The largest absolute Gasteiger partial charge is 0.548 e. The van der Waals surface area contributed by atoms with E-state index in [1.807, 2.05) is 24.3 Å². The number of carbonyl (C=O) groups excluding carboxylic acids is 2. The zero-order valence-corrected chi connectivity index (χ0v) is 14.6. The number of phenols is 1. The average molecular weight is 367 g/mol. The average Bonchev–Trinajstić information content (AvgIpc) is 3.06. The number of phenolic OH excluding ortho intramolecular Hbond substituents is 1. The van der Waals surface area contributed by atoms with Gasteiger partial charge in [-0.3, -0.25) is 4.79 Å². The fourth-order valence-corrected chi connectivity index (χ4v) is 3.01. The van der Waals surface area contributed by atoms with Crippen LogP contribution in [0.4, 0.5) is 0 Å². The summed E-state index contributed by atoms with van der Waals surface area (Å²) in [5.41, 5.74) is 6.34. The molecule has 3 aromatic rings. The van der Waals surface area contributed by atoms with Crippen molar-refractivity contribution in [2.45, 2.75) is 24.9 Å². The van der Waals surface area contributed by atoms with Gasteiger partial charge in [0, 0.05) is 29.9 Å². The molecule has 140 valence electrons. The molecular formula is C20H21N3O4. The number of carbonyl (C=O) groups is 2. The minimum atomic E-state index is -1.34. The van der Waals surface area contributed by atoms with Crippen molar-refractivity contribution in [2.75, 3.05) is 0 Å². The van der Waals surface area contributed by atoms with Gasteiger partial charge in [0.25, 0.3) is 5.91 Å². The Bertz CT molecular complexity index is 949. The molecule has 3 rings (SSSR count). The van der Waals surface area contributed by atoms with Gasteiger partial charge in [-0.05, 0) is 29.3 Å². The smallest absolute Gasteiger partial charge is 0.279 e. The van der Waals surface area contributed by atoms with E-state index in [1.54, 1.807) is 18.3 Å². The maximum Gasteiger partial charge on any atom is 0.279 e. The number of aliphatic carboxylic acids is 1. The van der Waals surface area contributed by atoms with Gasteiger partial charge in [0.2, 0.25) is 0 Å². The van der Waals surface area contributed by atoms with Crippen LogP contribution in [0.25, 0.3) is 10.9 Å². The summed E-state index contributed by atoms with van der Waals surface area (Å²) in [6.07, 6.45) is 2.19. The highest BCUT2D eigenvalue weighted by Crippen LogP contribution is 2.19. The lowest BCUT2D eigenvalue weighted by Gasteiger charge is -2.20. The van der Waals surface area contributed by atoms with Crippen molar-refractivity contribution in [1.82, 2.24) is 10.3 Å². The van der Waals surface area contributed by atoms with E-state index in [2.05, 4.69) is 16.0 Å². The number of hydrogen-bond acceptors (Lipinski definition) is 4. The highest BCUT2D eigenvalue weighted by molar-refractivity contribution is 5.87. The molecular weight excluding hydrogens is 346 g/mol. The van der Waals surface area contributed by atoms with Crippen LogP contribution >= 0.6 is 0 Å². The number of H-pyrrole nitrogens is 1. The minimum Gasteiger partial charge on any atom is -0.548 e. The lowest BCUT2D eigenvalue weighted by molar-refractivity contribution is -0.403. The second-order valence-electron chi connectivity index (χ2n) is 6.51. The van der Waals surface area contributed by atoms with E-state index >= 15 is 0 Å². The number of para-hydroxylation sites is 1. The number of rotatable bonds is 7. The molecule has 0 radical (unpaired) electrons. The number of carboxylic acids is 1. The highest BCUT2D eigenvalue weighted by Gasteiger charge is 2.23. The van der Waals surface area contributed by atoms with Gasteiger partial charge in [0.05, 0.1) is 12.0 Å². The predicted octanol–water partition coefficient (Wildman–Crippen LogP) is -0.496. The Morgan fingerprint density at radius 2 is 1.81 bits per heavy atom. The van der Waals surface area contributed by atoms with Crippen LogP contribution in [-0.4, -0.2) is 34.1 Å². The SMILES string of the molecule is [NH3+][C@@H](Cc1ccc(O)cc1)C(=O)N[C@@H](Cc1c[nH]c2ccccc12)C(=O)[O-]. The summed E-state index contributed by atoms with van der Waals surface area (Å²) >= 11 is 0. The third kappa shape index (κ3) is 4.45. The summed E-state index contributed by atoms with van der Waals surface area (Å²) in [5.74, 6) is -1.66. The fraction of sp³-hybridized carbons (Fsp3) is 0.200. The number of aromatic amines is 1. The summed E-state index contributed by atoms with van der Waals surface area (Å²) in [4.78, 5) is 27.0. The van der Waals surface area contributed by atoms with Crippen LogP contribution in [0.15, 0.2) is 54.7 Å². The maximum absolute atomic E-state index is 12.4. The van der Waals surface area contributed by atoms with Crippen molar-refractivity contribution in [3.8, 4) is 5.75 Å². The molecule has 0 aliphatic rings. The Morgan fingerprint density at radius 1 is 1.11 bits per heavy atom. The Morgan fingerprint density at radius 3 is 2.52 bits per heavy atom. The number of hydrogen-bond donors (Lipinski definition) is 4. The third-order valence-electron chi connectivity index (χ3n) is 4.49. The van der Waals surface area contributed by atoms with Crippen LogP contribution < -0.4 is 16.2 Å². The lowest BCUT2D eigenvalue weighted by Crippen LogP contribution is -2.70. The molecule has 7 nitrogen and oxygen atoms in total. The zero-order valence-electron chi connectivity index (χ0n) is 14.6. The first-order valence-electron chi connectivity index (χ1n) is 8.61. The fourth-order valence-electron chi connectivity index (χ4n) is 3.01. The van der Waals surface area contributed by atoms with E-state index in [0.717, 1.165) is 22.0 Å². The Hall–Kier alpha value is -3.32. The molecule has 2 aromatic carbocycles. The summed E-state index contributed by atoms with van der Waals surface area (Å²) in [6.45, 7) is 0. The molecule has 7 heteroatoms. The quantitative estimate of drug-likeness (QED) is 0.448. The van der Waals surface area contributed by atoms with E-state index < -0.39 is 24.0 Å². The van der Waals surface area contributed by atoms with Crippen LogP contribution in [-0.2, 0) is 22.4 Å². The molecule has 0 spiro atoms. The Labute approximate surface area is 155 Å². The standard InChI is InChI=1S/C20H21N3O4/c21-16(9-12-5-7-14(24)8-6-12)19(25)23-18(20(26)27)10-13-11-22-17-4-2-1-3-15(13)17/h1-8,11,16,18,22,24H,9-10,21H2,(H,23,25)(H,26,27)/t16-,18-/m0/s1. The third-order valence-corrected chi connectivity index (χ3v) is 4.49. The van der Waals surface area contributed by atoms with Gasteiger partial charge in [0.1, 0.15) is 5.75 Å². The van der Waals surface area contributed by atoms with E-state index in [0.29, 0.717) is 6.42 Å². The molecule has 1 amide bonds. The topological polar surface area (TPSA) is 133 Å². The molecule has 0 unspecified atom stereocenters. The van der Waals surface area contributed by atoms with Gasteiger partial charge in [0.15, 0.2) is 6.04 Å². The highest BCUT2D eigenvalue weighted by atomic mass is 16.4. The first-order valence-corrected chi connectivity index (χ1v) is 8.61. The van der Waals surface area contributed by atoms with E-state index in [1.165, 1.54) is 12.1 Å². The van der Waals surface area contributed by atoms with Crippen molar-refractivity contribution >= 4 is 22.8 Å². The van der Waals surface area contributed by atoms with Gasteiger partial charge in [-0.2, -0.15) is 0 Å². The van der Waals surface area contributed by atoms with Crippen molar-refractivity contribution in [1.29, 1.82) is 0 Å². The van der Waals surface area contributed by atoms with Crippen molar-refractivity contribution in [3.63, 3.8) is 0 Å². The van der Waals surface area contributed by atoms with Gasteiger partial charge in [-0.1, -0.05) is 30.3 Å². The Balaban J connectivity index is 1.67. The summed E-state index contributed by atoms with van der Waals surface area (Å²) in [6, 6.07) is 12.2. The van der Waals surface area contributed by atoms with Crippen LogP contribution in [0.5, 0.6) is 5.75 Å². The number of fused-ring (bicyclic) bond motifs is 1. The van der Waals surface area contributed by atoms with Gasteiger partial charge in [-0.15, -0.1) is 0 Å². The molecule has 1 heterocycles. The summed E-state index contributed by atoms with van der Waals surface area (Å²) in [5, 5.41) is 24.3. The molecule has 0 bridgehead atoms. The number of aromatic hydroxyl groups is 1. The van der Waals surface area contributed by atoms with Gasteiger partial charge < -0.3 is 31.0 Å². The first kappa shape index (κ1) is 18.5. The van der Waals surface area contributed by atoms with E-state index in [-0.39, 0.29) is 12.2 Å². The first-order chi connectivity index (χ1) is 12.9. The monoisotopic (exact) mass is 367 g/mol. The molecule has 0 saturated heterocycles. The predicted molar refractivity (Wildman–Crippen MR) is 97.4 cm³/mol. The molecule has 27 heavy (non-hydrogen) atoms. The van der Waals surface area contributed by atoms with Crippen LogP contribution in [0.1, 0.15) is 11.1 Å². The van der Waals surface area contributed by atoms with Gasteiger partial charge in [-0.25, -0.2) is 0 Å². The molecule has 1 aromatic heterocycles. The van der Waals surface area contributed by atoms with Crippen molar-refractivity contribution in [3.05, 3.63) is 65.9 Å². The maximum atomic E-state index is 12.4. The summed E-state index contributed by atoms with van der Waals surface area (Å²) in [7, 11) is 0. The lowest BCUT2D eigenvalue weighted by atomic mass is 10.0. The van der Waals surface area contributed by atoms with Gasteiger partial charge >= 0.3 is 0 Å². The summed E-state index contributed by atoms with van der Waals surface area (Å²) < 4.78 is 0. The molecule has 0 aliphatic carbocycles. The second-order valence-corrected chi connectivity index (χ2v) is 6.51. The number of quaternary nitrogens is 1. The molecule has 0 fully saturated rings. The molecule has 0 aliphatic heterocycles. The Kier molecular flexibility index (Phi) is 5.42. The minimum absolute atomic E-state index is 0.115. The number of carboxylic acid groups (broad SMARTS) is 1. The van der Waals surface area contributed by atoms with Crippen LogP contribution in [0, 0.1) is 0 Å². The number of aromatic nitrogens is 1. The van der Waals surface area contributed by atoms with Crippen LogP contribution in [0.2, 0.25) is 0 Å². The number of nitrogens with one attached hydrogen (secondary N) is 2. The molecule has 6 N–H and O–H groups in total. The number of benzene rings is 2. The number of amides is 1. The van der Waals surface area contributed by atoms with Crippen molar-refractivity contribution in [2.24, 2.45) is 0 Å².